The second-order valence-corrected chi connectivity index (χ2v) is 2.38. The van der Waals surface area contributed by atoms with E-state index in [2.05, 4.69) is 15.3 Å². The molecule has 1 aromatic heterocycles. The Kier molecular flexibility index (Phi) is 2.60. The zero-order chi connectivity index (χ0) is 8.27. The first-order valence-electron chi connectivity index (χ1n) is 3.48. The van der Waals surface area contributed by atoms with Crippen molar-refractivity contribution in [1.82, 2.24) is 15.3 Å². The largest absolute Gasteiger partial charge is 0.311 e. The summed E-state index contributed by atoms with van der Waals surface area (Å²) < 4.78 is 0. The van der Waals surface area contributed by atoms with Gasteiger partial charge >= 0.3 is 0 Å². The van der Waals surface area contributed by atoms with Crippen LogP contribution >= 0.6 is 0 Å². The molecule has 56 valence electrons. The van der Waals surface area contributed by atoms with Gasteiger partial charge in [-0.1, -0.05) is 5.46 Å². The Morgan fingerprint density at radius 3 is 2.45 bits per heavy atom. The van der Waals surface area contributed by atoms with Crippen molar-refractivity contribution in [1.29, 1.82) is 0 Å². The van der Waals surface area contributed by atoms with Gasteiger partial charge in [-0.25, -0.2) is 9.97 Å². The summed E-state index contributed by atoms with van der Waals surface area (Å²) in [5.74, 6) is 0.765. The molecular formula is C7H10BN3. The van der Waals surface area contributed by atoms with E-state index in [-0.39, 0.29) is 6.04 Å². The number of aromatic nitrogens is 2. The summed E-state index contributed by atoms with van der Waals surface area (Å²) in [4.78, 5) is 8.10. The third-order valence-corrected chi connectivity index (χ3v) is 1.51. The summed E-state index contributed by atoms with van der Waals surface area (Å²) in [6, 6.07) is 0.176. The van der Waals surface area contributed by atoms with Crippen LogP contribution in [0.2, 0.25) is 0 Å². The standard InChI is InChI=1S/C7H10BN3/c1-5(9-2)7-10-3-6(8)4-11-7/h3-5,9H,1-2H3/t5-/m1/s1. The van der Waals surface area contributed by atoms with Gasteiger partial charge in [-0.2, -0.15) is 0 Å². The molecule has 1 rings (SSSR count). The maximum absolute atomic E-state index is 5.42. The number of nitrogens with one attached hydrogen (secondary N) is 1. The molecule has 0 aliphatic heterocycles. The van der Waals surface area contributed by atoms with Gasteiger partial charge in [0, 0.05) is 12.4 Å². The van der Waals surface area contributed by atoms with E-state index in [0.29, 0.717) is 5.46 Å². The van der Waals surface area contributed by atoms with Crippen molar-refractivity contribution in [3.63, 3.8) is 0 Å². The summed E-state index contributed by atoms with van der Waals surface area (Å²) in [5, 5.41) is 3.03. The Labute approximate surface area is 67.7 Å². The van der Waals surface area contributed by atoms with E-state index in [0.717, 1.165) is 5.82 Å². The molecule has 3 nitrogen and oxygen atoms in total. The van der Waals surface area contributed by atoms with Crippen LogP contribution in [-0.2, 0) is 0 Å². The Hall–Kier alpha value is -0.895. The van der Waals surface area contributed by atoms with Gasteiger partial charge in [0.05, 0.1) is 6.04 Å². The third kappa shape index (κ3) is 2.01. The van der Waals surface area contributed by atoms with Crippen LogP contribution in [0.5, 0.6) is 0 Å². The van der Waals surface area contributed by atoms with Crippen LogP contribution in [0.15, 0.2) is 12.4 Å². The molecule has 0 saturated carbocycles. The van der Waals surface area contributed by atoms with Crippen LogP contribution in [-0.4, -0.2) is 24.9 Å². The molecule has 11 heavy (non-hydrogen) atoms. The number of nitrogens with zero attached hydrogens (tertiary/aromatic N) is 2. The second kappa shape index (κ2) is 3.48. The molecule has 0 unspecified atom stereocenters. The molecule has 0 aliphatic rings. The van der Waals surface area contributed by atoms with Crippen LogP contribution in [0.1, 0.15) is 18.8 Å². The Bertz CT molecular complexity index is 222. The number of hydrogen-bond acceptors (Lipinski definition) is 3. The predicted molar refractivity (Wildman–Crippen MR) is 44.9 cm³/mol. The summed E-state index contributed by atoms with van der Waals surface area (Å²) in [7, 11) is 7.29. The van der Waals surface area contributed by atoms with E-state index in [4.69, 9.17) is 7.85 Å². The van der Waals surface area contributed by atoms with Crippen molar-refractivity contribution in [3.8, 4) is 0 Å². The van der Waals surface area contributed by atoms with Crippen molar-refractivity contribution in [2.45, 2.75) is 13.0 Å². The molecule has 0 spiro atoms. The van der Waals surface area contributed by atoms with E-state index in [1.165, 1.54) is 0 Å². The highest BCUT2D eigenvalue weighted by Gasteiger charge is 2.03. The summed E-state index contributed by atoms with van der Waals surface area (Å²) in [6.07, 6.45) is 3.21. The van der Waals surface area contributed by atoms with Gasteiger partial charge in [0.1, 0.15) is 13.7 Å². The molecule has 2 radical (unpaired) electrons. The Morgan fingerprint density at radius 2 is 2.00 bits per heavy atom. The third-order valence-electron chi connectivity index (χ3n) is 1.51. The van der Waals surface area contributed by atoms with Crippen LogP contribution in [0.25, 0.3) is 0 Å². The highest BCUT2D eigenvalue weighted by molar-refractivity contribution is 6.31. The van der Waals surface area contributed by atoms with Crippen molar-refractivity contribution < 1.29 is 0 Å². The zero-order valence-electron chi connectivity index (χ0n) is 6.70. The first-order chi connectivity index (χ1) is 5.24. The Balaban J connectivity index is 2.81. The maximum Gasteiger partial charge on any atom is 0.144 e. The van der Waals surface area contributed by atoms with Crippen LogP contribution in [0, 0.1) is 0 Å². The van der Waals surface area contributed by atoms with E-state index in [1.807, 2.05) is 14.0 Å². The highest BCUT2D eigenvalue weighted by atomic mass is 15.0. The minimum Gasteiger partial charge on any atom is -0.311 e. The molecule has 0 bridgehead atoms. The molecule has 0 aliphatic carbocycles. The SMILES string of the molecule is [B]c1cnc([C@@H](C)NC)nc1. The van der Waals surface area contributed by atoms with Gasteiger partial charge in [-0.05, 0) is 14.0 Å². The van der Waals surface area contributed by atoms with E-state index in [9.17, 15) is 0 Å². The van der Waals surface area contributed by atoms with Crippen LogP contribution in [0.4, 0.5) is 0 Å². The molecular weight excluding hydrogens is 137 g/mol. The number of rotatable bonds is 2. The van der Waals surface area contributed by atoms with Crippen molar-refractivity contribution >= 4 is 13.3 Å². The van der Waals surface area contributed by atoms with Gasteiger partial charge in [0.2, 0.25) is 0 Å². The van der Waals surface area contributed by atoms with Crippen LogP contribution < -0.4 is 10.8 Å². The molecule has 0 amide bonds. The minimum atomic E-state index is 0.176. The smallest absolute Gasteiger partial charge is 0.144 e. The summed E-state index contributed by atoms with van der Waals surface area (Å²) in [6.45, 7) is 1.99. The lowest BCUT2D eigenvalue weighted by atomic mass is 10.0. The van der Waals surface area contributed by atoms with Crippen molar-refractivity contribution in [2.75, 3.05) is 7.05 Å². The van der Waals surface area contributed by atoms with Gasteiger partial charge in [-0.3, -0.25) is 0 Å². The minimum absolute atomic E-state index is 0.176. The topological polar surface area (TPSA) is 37.8 Å². The van der Waals surface area contributed by atoms with Crippen molar-refractivity contribution in [2.24, 2.45) is 0 Å². The Morgan fingerprint density at radius 1 is 1.45 bits per heavy atom. The van der Waals surface area contributed by atoms with E-state index < -0.39 is 0 Å². The molecule has 1 atom stereocenters. The zero-order valence-corrected chi connectivity index (χ0v) is 6.70. The fraction of sp³-hybridized carbons (Fsp3) is 0.429. The molecule has 1 N–H and O–H groups in total. The van der Waals surface area contributed by atoms with E-state index >= 15 is 0 Å². The fourth-order valence-corrected chi connectivity index (χ4v) is 0.701. The predicted octanol–water partition coefficient (Wildman–Crippen LogP) is -0.449. The monoisotopic (exact) mass is 147 g/mol. The van der Waals surface area contributed by atoms with Gasteiger partial charge in [-0.15, -0.1) is 0 Å². The first-order valence-corrected chi connectivity index (χ1v) is 3.48. The van der Waals surface area contributed by atoms with E-state index in [1.54, 1.807) is 12.4 Å². The lowest BCUT2D eigenvalue weighted by molar-refractivity contribution is 0.611. The quantitative estimate of drug-likeness (QED) is 0.575. The lowest BCUT2D eigenvalue weighted by Crippen LogP contribution is -2.17. The average molecular weight is 147 g/mol. The highest BCUT2D eigenvalue weighted by Crippen LogP contribution is 2.00. The van der Waals surface area contributed by atoms with Gasteiger partial charge in [0.15, 0.2) is 0 Å². The molecule has 0 saturated heterocycles. The van der Waals surface area contributed by atoms with Gasteiger partial charge in [0.25, 0.3) is 0 Å². The fourth-order valence-electron chi connectivity index (χ4n) is 0.701. The molecule has 1 heterocycles. The molecule has 4 heteroatoms. The molecule has 0 aromatic carbocycles. The summed E-state index contributed by atoms with van der Waals surface area (Å²) in [5.41, 5.74) is 0.594. The summed E-state index contributed by atoms with van der Waals surface area (Å²) >= 11 is 0. The first kappa shape index (κ1) is 8.20. The molecule has 0 fully saturated rings. The second-order valence-electron chi connectivity index (χ2n) is 2.38. The molecule has 1 aromatic rings. The average Bonchev–Trinajstić information content (AvgIpc) is 2.05. The van der Waals surface area contributed by atoms with Crippen LogP contribution in [0.3, 0.4) is 0 Å². The lowest BCUT2D eigenvalue weighted by Gasteiger charge is -2.07. The normalized spacial score (nSPS) is 12.9. The number of hydrogen-bond donors (Lipinski definition) is 1. The maximum atomic E-state index is 5.42. The van der Waals surface area contributed by atoms with Gasteiger partial charge < -0.3 is 5.32 Å². The van der Waals surface area contributed by atoms with Crippen molar-refractivity contribution in [3.05, 3.63) is 18.2 Å².